The van der Waals surface area contributed by atoms with Gasteiger partial charge in [-0.1, -0.05) is 59.6 Å². The first-order valence-electron chi connectivity index (χ1n) is 7.58. The van der Waals surface area contributed by atoms with Crippen LogP contribution in [0.5, 0.6) is 11.5 Å². The van der Waals surface area contributed by atoms with Crippen molar-refractivity contribution in [3.05, 3.63) is 94.0 Å². The van der Waals surface area contributed by atoms with E-state index in [1.807, 2.05) is 0 Å². The van der Waals surface area contributed by atoms with Crippen molar-refractivity contribution in [2.24, 2.45) is 0 Å². The van der Waals surface area contributed by atoms with Crippen LogP contribution in [0.4, 0.5) is 0 Å². The second-order valence-electron chi connectivity index (χ2n) is 5.19. The molecule has 0 fully saturated rings. The Kier molecular flexibility index (Phi) is 5.56. The third kappa shape index (κ3) is 4.04. The van der Waals surface area contributed by atoms with Gasteiger partial charge in [-0.15, -0.1) is 0 Å². The van der Waals surface area contributed by atoms with Gasteiger partial charge in [0.2, 0.25) is 0 Å². The molecule has 0 aliphatic carbocycles. The first-order valence-corrected chi connectivity index (χ1v) is 8.34. The molecule has 0 saturated carbocycles. The molecule has 0 atom stereocenters. The molecular formula is C20H12Cl2O4. The van der Waals surface area contributed by atoms with Gasteiger partial charge in [-0.05, 0) is 36.4 Å². The van der Waals surface area contributed by atoms with Crippen LogP contribution in [-0.2, 0) is 0 Å². The highest BCUT2D eigenvalue weighted by molar-refractivity contribution is 6.32. The Morgan fingerprint density at radius 1 is 0.577 bits per heavy atom. The minimum atomic E-state index is -0.718. The van der Waals surface area contributed by atoms with E-state index in [9.17, 15) is 9.59 Å². The number of para-hydroxylation sites is 2. The van der Waals surface area contributed by atoms with Gasteiger partial charge in [-0.2, -0.15) is 0 Å². The van der Waals surface area contributed by atoms with Gasteiger partial charge < -0.3 is 9.47 Å². The van der Waals surface area contributed by atoms with Gasteiger partial charge in [-0.3, -0.25) is 0 Å². The van der Waals surface area contributed by atoms with Gasteiger partial charge in [0, 0.05) is 0 Å². The molecule has 0 spiro atoms. The Morgan fingerprint density at radius 2 is 0.923 bits per heavy atom. The van der Waals surface area contributed by atoms with E-state index in [-0.39, 0.29) is 32.7 Å². The lowest BCUT2D eigenvalue weighted by molar-refractivity contribution is 0.0692. The molecule has 3 aromatic carbocycles. The molecule has 0 aromatic heterocycles. The standard InChI is InChI=1S/C20H12Cl2O4/c21-15-9-3-5-11-17(15)25-19(23)13-7-1-2-8-14(13)20(24)26-18-12-6-4-10-16(18)22/h1-12H. The average Bonchev–Trinajstić information content (AvgIpc) is 2.65. The minimum Gasteiger partial charge on any atom is -0.421 e. The Balaban J connectivity index is 1.86. The van der Waals surface area contributed by atoms with E-state index in [0.717, 1.165) is 0 Å². The summed E-state index contributed by atoms with van der Waals surface area (Å²) in [4.78, 5) is 25.0. The summed E-state index contributed by atoms with van der Waals surface area (Å²) in [7, 11) is 0. The highest BCUT2D eigenvalue weighted by Crippen LogP contribution is 2.26. The Morgan fingerprint density at radius 3 is 1.31 bits per heavy atom. The fraction of sp³-hybridized carbons (Fsp3) is 0. The van der Waals surface area contributed by atoms with E-state index < -0.39 is 11.9 Å². The van der Waals surface area contributed by atoms with Gasteiger partial charge in [0.25, 0.3) is 0 Å². The quantitative estimate of drug-likeness (QED) is 0.442. The third-order valence-corrected chi connectivity index (χ3v) is 4.07. The minimum absolute atomic E-state index is 0.0597. The van der Waals surface area contributed by atoms with Gasteiger partial charge in [0.15, 0.2) is 0 Å². The van der Waals surface area contributed by atoms with E-state index in [1.165, 1.54) is 12.1 Å². The summed E-state index contributed by atoms with van der Waals surface area (Å²) < 4.78 is 10.6. The van der Waals surface area contributed by atoms with Gasteiger partial charge >= 0.3 is 11.9 Å². The second kappa shape index (κ2) is 8.04. The molecule has 3 aromatic rings. The number of hydrogen-bond acceptors (Lipinski definition) is 4. The molecule has 0 aliphatic rings. The highest BCUT2D eigenvalue weighted by Gasteiger charge is 2.21. The molecular weight excluding hydrogens is 375 g/mol. The van der Waals surface area contributed by atoms with Crippen LogP contribution in [0.3, 0.4) is 0 Å². The lowest BCUT2D eigenvalue weighted by Gasteiger charge is -2.10. The molecule has 3 rings (SSSR count). The summed E-state index contributed by atoms with van der Waals surface area (Å²) in [6, 6.07) is 19.3. The molecule has 0 saturated heterocycles. The SMILES string of the molecule is O=C(Oc1ccccc1Cl)c1ccccc1C(=O)Oc1ccccc1Cl. The van der Waals surface area contributed by atoms with Gasteiger partial charge in [0.1, 0.15) is 11.5 Å². The van der Waals surface area contributed by atoms with E-state index in [0.29, 0.717) is 0 Å². The van der Waals surface area contributed by atoms with Crippen molar-refractivity contribution in [3.8, 4) is 11.5 Å². The van der Waals surface area contributed by atoms with Crippen molar-refractivity contribution in [1.82, 2.24) is 0 Å². The number of benzene rings is 3. The van der Waals surface area contributed by atoms with Gasteiger partial charge in [0.05, 0.1) is 21.2 Å². The first-order chi connectivity index (χ1) is 12.6. The molecule has 0 aliphatic heterocycles. The van der Waals surface area contributed by atoms with Crippen molar-refractivity contribution in [2.75, 3.05) is 0 Å². The van der Waals surface area contributed by atoms with Crippen LogP contribution in [0.25, 0.3) is 0 Å². The normalized spacial score (nSPS) is 10.2. The third-order valence-electron chi connectivity index (χ3n) is 3.45. The summed E-state index contributed by atoms with van der Waals surface area (Å²) in [6.07, 6.45) is 0. The number of carbonyl (C=O) groups is 2. The van der Waals surface area contributed by atoms with E-state index in [2.05, 4.69) is 0 Å². The molecule has 0 N–H and O–H groups in total. The van der Waals surface area contributed by atoms with Crippen molar-refractivity contribution < 1.29 is 19.1 Å². The number of ether oxygens (including phenoxy) is 2. The molecule has 130 valence electrons. The molecule has 0 amide bonds. The maximum atomic E-state index is 12.5. The van der Waals surface area contributed by atoms with E-state index >= 15 is 0 Å². The Hall–Kier alpha value is -2.82. The van der Waals surface area contributed by atoms with Crippen LogP contribution in [0, 0.1) is 0 Å². The van der Waals surface area contributed by atoms with Crippen LogP contribution < -0.4 is 9.47 Å². The maximum Gasteiger partial charge on any atom is 0.344 e. The average molecular weight is 387 g/mol. The molecule has 0 radical (unpaired) electrons. The summed E-state index contributed by atoms with van der Waals surface area (Å²) in [6.45, 7) is 0. The lowest BCUT2D eigenvalue weighted by Crippen LogP contribution is -2.17. The Labute approximate surface area is 159 Å². The van der Waals surface area contributed by atoms with Crippen LogP contribution >= 0.6 is 23.2 Å². The van der Waals surface area contributed by atoms with Crippen LogP contribution in [0.1, 0.15) is 20.7 Å². The van der Waals surface area contributed by atoms with E-state index in [4.69, 9.17) is 32.7 Å². The second-order valence-corrected chi connectivity index (χ2v) is 6.00. The number of carbonyl (C=O) groups excluding carboxylic acids is 2. The lowest BCUT2D eigenvalue weighted by atomic mass is 10.1. The number of rotatable bonds is 4. The fourth-order valence-corrected chi connectivity index (χ4v) is 2.55. The molecule has 4 nitrogen and oxygen atoms in total. The van der Waals surface area contributed by atoms with Crippen molar-refractivity contribution in [1.29, 1.82) is 0 Å². The van der Waals surface area contributed by atoms with Gasteiger partial charge in [-0.25, -0.2) is 9.59 Å². The monoisotopic (exact) mass is 386 g/mol. The summed E-state index contributed by atoms with van der Waals surface area (Å²) in [5, 5.41) is 0.578. The van der Waals surface area contributed by atoms with Crippen molar-refractivity contribution >= 4 is 35.1 Å². The largest absolute Gasteiger partial charge is 0.421 e. The topological polar surface area (TPSA) is 52.6 Å². The van der Waals surface area contributed by atoms with Crippen molar-refractivity contribution in [2.45, 2.75) is 0 Å². The number of esters is 2. The predicted molar refractivity (Wildman–Crippen MR) is 99.3 cm³/mol. The van der Waals surface area contributed by atoms with Crippen LogP contribution in [0.15, 0.2) is 72.8 Å². The number of hydrogen-bond donors (Lipinski definition) is 0. The fourth-order valence-electron chi connectivity index (χ4n) is 2.20. The zero-order valence-corrected chi connectivity index (χ0v) is 14.8. The first kappa shape index (κ1) is 18.0. The maximum absolute atomic E-state index is 12.5. The van der Waals surface area contributed by atoms with Crippen LogP contribution in [0.2, 0.25) is 10.0 Å². The molecule has 6 heteroatoms. The number of halogens is 2. The summed E-state index contributed by atoms with van der Waals surface area (Å²) in [5.41, 5.74) is 0.119. The summed E-state index contributed by atoms with van der Waals surface area (Å²) in [5.74, 6) is -1.03. The zero-order chi connectivity index (χ0) is 18.5. The highest BCUT2D eigenvalue weighted by atomic mass is 35.5. The summed E-state index contributed by atoms with van der Waals surface area (Å²) >= 11 is 12.0. The molecule has 0 heterocycles. The molecule has 26 heavy (non-hydrogen) atoms. The van der Waals surface area contributed by atoms with Crippen LogP contribution in [-0.4, -0.2) is 11.9 Å². The van der Waals surface area contributed by atoms with Crippen molar-refractivity contribution in [3.63, 3.8) is 0 Å². The predicted octanol–water partition coefficient (Wildman–Crippen LogP) is 5.43. The molecule has 0 unspecified atom stereocenters. The molecule has 0 bridgehead atoms. The smallest absolute Gasteiger partial charge is 0.344 e. The van der Waals surface area contributed by atoms with E-state index in [1.54, 1.807) is 60.7 Å². The zero-order valence-electron chi connectivity index (χ0n) is 13.3. The Bertz CT molecular complexity index is 891.